The molecule has 624 valence electrons. The van der Waals surface area contributed by atoms with Crippen molar-refractivity contribution in [3.63, 3.8) is 0 Å². The summed E-state index contributed by atoms with van der Waals surface area (Å²) in [6.45, 7) is 9.69. The second-order valence-corrected chi connectivity index (χ2v) is 34.6. The third-order valence-corrected chi connectivity index (χ3v) is 22.5. The number of carbonyl (C=O) groups excluding carboxylic acids is 4. The van der Waals surface area contributed by atoms with E-state index in [-0.39, 0.29) is 25.7 Å². The number of phosphoric ester groups is 2. The van der Waals surface area contributed by atoms with Crippen LogP contribution in [-0.2, 0) is 65.4 Å². The Labute approximate surface area is 645 Å². The van der Waals surface area contributed by atoms with E-state index in [0.29, 0.717) is 25.7 Å². The lowest BCUT2D eigenvalue weighted by Gasteiger charge is -2.21. The molecule has 0 radical (unpaired) electrons. The Morgan fingerprint density at radius 3 is 0.724 bits per heavy atom. The zero-order chi connectivity index (χ0) is 77.1. The van der Waals surface area contributed by atoms with Crippen LogP contribution in [0.4, 0.5) is 0 Å². The predicted molar refractivity (Wildman–Crippen MR) is 432 cm³/mol. The number of hydrogen-bond acceptors (Lipinski definition) is 15. The molecule has 0 aliphatic heterocycles. The maximum Gasteiger partial charge on any atom is 0.472 e. The fourth-order valence-corrected chi connectivity index (χ4v) is 15.0. The van der Waals surface area contributed by atoms with Crippen LogP contribution in [0.5, 0.6) is 0 Å². The van der Waals surface area contributed by atoms with E-state index < -0.39 is 97.5 Å². The summed E-state index contributed by atoms with van der Waals surface area (Å²) in [5.41, 5.74) is 0. The van der Waals surface area contributed by atoms with Crippen LogP contribution in [0.2, 0.25) is 0 Å². The van der Waals surface area contributed by atoms with Gasteiger partial charge in [-0.1, -0.05) is 408 Å². The van der Waals surface area contributed by atoms with Gasteiger partial charge in [-0.15, -0.1) is 0 Å². The van der Waals surface area contributed by atoms with Crippen LogP contribution in [0.25, 0.3) is 0 Å². The molecule has 105 heavy (non-hydrogen) atoms. The zero-order valence-corrected chi connectivity index (χ0v) is 70.8. The van der Waals surface area contributed by atoms with Crippen molar-refractivity contribution in [2.45, 2.75) is 477 Å². The Balaban J connectivity index is 5.26. The number of ether oxygens (including phenoxy) is 4. The molecule has 0 heterocycles. The minimum Gasteiger partial charge on any atom is -0.462 e. The zero-order valence-electron chi connectivity index (χ0n) is 69.0. The summed E-state index contributed by atoms with van der Waals surface area (Å²) in [5, 5.41) is 10.7. The number of aliphatic hydroxyl groups is 1. The van der Waals surface area contributed by atoms with Crippen molar-refractivity contribution in [2.75, 3.05) is 39.6 Å². The van der Waals surface area contributed by atoms with Crippen LogP contribution in [-0.4, -0.2) is 96.7 Å². The Hall–Kier alpha value is -1.94. The van der Waals surface area contributed by atoms with Gasteiger partial charge in [0.15, 0.2) is 12.2 Å². The SMILES string of the molecule is CCCCCCCCCCCCCCCCCCCCCCC(=O)O[C@H](COC(=O)CCCCCCCCCCCCCCCCCCCC)COP(=O)(O)OC[C@@H](O)COP(=O)(O)OC[C@@H](COC(=O)CCCCCCCCCCCCC(C)C)OC(=O)CCCCCCCCCCCCC(C)CC. The molecular formula is C86H168O17P2. The van der Waals surface area contributed by atoms with E-state index in [1.807, 2.05) is 0 Å². The number of rotatable bonds is 85. The molecule has 0 rings (SSSR count). The number of unbranched alkanes of at least 4 members (excludes halogenated alkanes) is 54. The Morgan fingerprint density at radius 2 is 0.486 bits per heavy atom. The molecule has 0 bridgehead atoms. The second-order valence-electron chi connectivity index (χ2n) is 31.6. The second kappa shape index (κ2) is 77.4. The normalized spacial score (nSPS) is 14.1. The Morgan fingerprint density at radius 1 is 0.276 bits per heavy atom. The van der Waals surface area contributed by atoms with Crippen molar-refractivity contribution >= 4 is 39.5 Å². The summed E-state index contributed by atoms with van der Waals surface area (Å²) in [4.78, 5) is 73.3. The molecule has 0 aromatic carbocycles. The number of esters is 4. The van der Waals surface area contributed by atoms with Crippen LogP contribution in [0, 0.1) is 11.8 Å². The van der Waals surface area contributed by atoms with E-state index >= 15 is 0 Å². The molecule has 0 spiro atoms. The van der Waals surface area contributed by atoms with Gasteiger partial charge in [0.25, 0.3) is 0 Å². The highest BCUT2D eigenvalue weighted by molar-refractivity contribution is 7.47. The van der Waals surface area contributed by atoms with Crippen molar-refractivity contribution in [1.82, 2.24) is 0 Å². The molecule has 0 amide bonds. The van der Waals surface area contributed by atoms with Crippen LogP contribution < -0.4 is 0 Å². The summed E-state index contributed by atoms with van der Waals surface area (Å²) in [6.07, 6.45) is 69.4. The molecule has 0 aromatic rings. The number of aliphatic hydroxyl groups excluding tert-OH is 1. The Kier molecular flexibility index (Phi) is 76.0. The van der Waals surface area contributed by atoms with Gasteiger partial charge in [0.05, 0.1) is 26.4 Å². The van der Waals surface area contributed by atoms with Crippen molar-refractivity contribution < 1.29 is 80.2 Å². The minimum absolute atomic E-state index is 0.106. The van der Waals surface area contributed by atoms with Crippen molar-refractivity contribution in [2.24, 2.45) is 11.8 Å². The van der Waals surface area contributed by atoms with Gasteiger partial charge < -0.3 is 33.8 Å². The largest absolute Gasteiger partial charge is 0.472 e. The van der Waals surface area contributed by atoms with Crippen LogP contribution >= 0.6 is 15.6 Å². The lowest BCUT2D eigenvalue weighted by molar-refractivity contribution is -0.161. The topological polar surface area (TPSA) is 237 Å². The third kappa shape index (κ3) is 78.5. The number of carbonyl (C=O) groups is 4. The Bertz CT molecular complexity index is 2010. The van der Waals surface area contributed by atoms with Crippen LogP contribution in [0.1, 0.15) is 459 Å². The predicted octanol–water partition coefficient (Wildman–Crippen LogP) is 26.2. The molecule has 3 unspecified atom stereocenters. The summed E-state index contributed by atoms with van der Waals surface area (Å²) in [7, 11) is -9.93. The minimum atomic E-state index is -4.97. The average Bonchev–Trinajstić information content (AvgIpc) is 0.903. The van der Waals surface area contributed by atoms with Crippen LogP contribution in [0.3, 0.4) is 0 Å². The highest BCUT2D eigenvalue weighted by Gasteiger charge is 2.30. The fraction of sp³-hybridized carbons (Fsp3) is 0.953. The standard InChI is InChI=1S/C86H168O17P2/c1-7-10-12-14-16-18-20-22-24-26-28-29-31-33-35-37-46-52-58-64-70-85(90)102-81(74-96-83(88)68-62-56-50-44-36-34-32-30-27-25-23-21-19-17-15-13-11-8-2)76-100-104(92,93)98-72-80(87)73-99-105(94,95)101-77-82(75-97-84(89)69-63-57-51-45-40-38-42-48-54-60-66-78(4)5)103-86(91)71-65-59-53-47-41-39-43-49-55-61-67-79(6)9-3/h78-82,87H,7-77H2,1-6H3,(H,92,93)(H,94,95)/t79?,80-,81-,82-/m1/s1. The first-order chi connectivity index (χ1) is 50.9. The van der Waals surface area contributed by atoms with Gasteiger partial charge in [0.1, 0.15) is 19.3 Å². The van der Waals surface area contributed by atoms with Gasteiger partial charge in [-0.2, -0.15) is 0 Å². The highest BCUT2D eigenvalue weighted by Crippen LogP contribution is 2.45. The first-order valence-electron chi connectivity index (χ1n) is 44.5. The maximum absolute atomic E-state index is 13.2. The molecule has 6 atom stereocenters. The quantitative estimate of drug-likeness (QED) is 0.0222. The maximum atomic E-state index is 13.2. The third-order valence-electron chi connectivity index (χ3n) is 20.6. The van der Waals surface area contributed by atoms with E-state index in [1.54, 1.807) is 0 Å². The molecule has 3 N–H and O–H groups in total. The fourth-order valence-electron chi connectivity index (χ4n) is 13.4. The molecule has 0 fully saturated rings. The lowest BCUT2D eigenvalue weighted by Crippen LogP contribution is -2.30. The van der Waals surface area contributed by atoms with E-state index in [9.17, 15) is 43.2 Å². The van der Waals surface area contributed by atoms with Crippen molar-refractivity contribution in [3.05, 3.63) is 0 Å². The smallest absolute Gasteiger partial charge is 0.462 e. The molecule has 0 saturated carbocycles. The van der Waals surface area contributed by atoms with E-state index in [1.165, 1.54) is 276 Å². The average molecular weight is 1540 g/mol. The van der Waals surface area contributed by atoms with Crippen molar-refractivity contribution in [3.8, 4) is 0 Å². The molecule has 17 nitrogen and oxygen atoms in total. The number of phosphoric acid groups is 2. The number of hydrogen-bond donors (Lipinski definition) is 3. The highest BCUT2D eigenvalue weighted by atomic mass is 31.2. The molecule has 0 saturated heterocycles. The van der Waals surface area contributed by atoms with Gasteiger partial charge in [0, 0.05) is 25.7 Å². The summed E-state index contributed by atoms with van der Waals surface area (Å²) in [5.74, 6) is -0.540. The molecule has 0 aromatic heterocycles. The van der Waals surface area contributed by atoms with Crippen molar-refractivity contribution in [1.29, 1.82) is 0 Å². The van der Waals surface area contributed by atoms with Gasteiger partial charge in [-0.3, -0.25) is 37.3 Å². The monoisotopic (exact) mass is 1540 g/mol. The molecular weight excluding hydrogens is 1370 g/mol. The summed E-state index contributed by atoms with van der Waals surface area (Å²) >= 11 is 0. The van der Waals surface area contributed by atoms with Gasteiger partial charge >= 0.3 is 39.5 Å². The van der Waals surface area contributed by atoms with E-state index in [4.69, 9.17) is 37.0 Å². The van der Waals surface area contributed by atoms with Gasteiger partial charge in [-0.25, -0.2) is 9.13 Å². The van der Waals surface area contributed by atoms with Gasteiger partial charge in [0.2, 0.25) is 0 Å². The molecule has 19 heteroatoms. The molecule has 0 aliphatic rings. The van der Waals surface area contributed by atoms with Crippen LogP contribution in [0.15, 0.2) is 0 Å². The first-order valence-corrected chi connectivity index (χ1v) is 47.5. The lowest BCUT2D eigenvalue weighted by atomic mass is 9.99. The first kappa shape index (κ1) is 103. The summed E-state index contributed by atoms with van der Waals surface area (Å²) in [6, 6.07) is 0. The molecule has 0 aliphatic carbocycles. The van der Waals surface area contributed by atoms with Gasteiger partial charge in [-0.05, 0) is 37.5 Å². The van der Waals surface area contributed by atoms with E-state index in [2.05, 4.69) is 41.5 Å². The van der Waals surface area contributed by atoms with E-state index in [0.717, 1.165) is 102 Å². The summed E-state index contributed by atoms with van der Waals surface area (Å²) < 4.78 is 68.9.